The molecule has 0 amide bonds. The second-order valence-electron chi connectivity index (χ2n) is 5.95. The smallest absolute Gasteiger partial charge is 0.259 e. The predicted molar refractivity (Wildman–Crippen MR) is 76.8 cm³/mol. The normalized spacial score (nSPS) is 16.4. The molecule has 0 aliphatic heterocycles. The largest absolute Gasteiger partial charge is 0.368 e. The lowest BCUT2D eigenvalue weighted by molar-refractivity contribution is 0.0492. The Morgan fingerprint density at radius 1 is 1.43 bits per heavy atom. The summed E-state index contributed by atoms with van der Waals surface area (Å²) < 4.78 is 10.6. The molecule has 6 nitrogen and oxygen atoms in total. The van der Waals surface area contributed by atoms with Gasteiger partial charge in [-0.3, -0.25) is 4.79 Å². The topological polar surface area (TPSA) is 81.0 Å². The molecule has 6 heteroatoms. The number of nitrogens with zero attached hydrogens (tertiary/aromatic N) is 2. The van der Waals surface area contributed by atoms with Crippen molar-refractivity contribution in [2.24, 2.45) is 5.92 Å². The number of ether oxygens (including phenoxy) is 1. The zero-order chi connectivity index (χ0) is 15.0. The maximum Gasteiger partial charge on any atom is 0.259 e. The molecule has 21 heavy (non-hydrogen) atoms. The van der Waals surface area contributed by atoms with Crippen molar-refractivity contribution in [3.8, 4) is 11.4 Å². The summed E-state index contributed by atoms with van der Waals surface area (Å²) in [6.45, 7) is 4.22. The van der Waals surface area contributed by atoms with Crippen LogP contribution in [0.2, 0.25) is 0 Å². The Bertz CT molecular complexity index is 698. The van der Waals surface area contributed by atoms with Crippen molar-refractivity contribution in [1.82, 2.24) is 15.1 Å². The lowest BCUT2D eigenvalue weighted by Gasteiger charge is -2.05. The van der Waals surface area contributed by atoms with Crippen molar-refractivity contribution in [1.29, 1.82) is 0 Å². The molecule has 0 radical (unpaired) electrons. The van der Waals surface area contributed by atoms with Crippen LogP contribution in [0, 0.1) is 5.92 Å². The number of hydrogen-bond acceptors (Lipinski definition) is 5. The van der Waals surface area contributed by atoms with E-state index in [1.54, 1.807) is 13.2 Å². The Kier molecular flexibility index (Phi) is 3.41. The van der Waals surface area contributed by atoms with Gasteiger partial charge in [-0.1, -0.05) is 19.0 Å². The lowest BCUT2D eigenvalue weighted by atomic mass is 10.1. The van der Waals surface area contributed by atoms with Gasteiger partial charge < -0.3 is 14.2 Å². The van der Waals surface area contributed by atoms with Gasteiger partial charge in [-0.15, -0.1) is 0 Å². The second-order valence-corrected chi connectivity index (χ2v) is 5.95. The van der Waals surface area contributed by atoms with Crippen LogP contribution in [0.3, 0.4) is 0 Å². The Morgan fingerprint density at radius 3 is 2.76 bits per heavy atom. The summed E-state index contributed by atoms with van der Waals surface area (Å²) in [5.41, 5.74) is 0.709. The molecule has 1 N–H and O–H groups in total. The molecule has 0 atom stereocenters. The molecule has 1 aliphatic carbocycles. The van der Waals surface area contributed by atoms with E-state index in [4.69, 9.17) is 9.26 Å². The Balaban J connectivity index is 1.89. The number of H-pyrrole nitrogens is 1. The number of nitrogens with one attached hydrogen (secondary N) is 1. The third kappa shape index (κ3) is 2.63. The first kappa shape index (κ1) is 14.0. The number of methoxy groups -OCH3 is 1. The minimum absolute atomic E-state index is 0.192. The summed E-state index contributed by atoms with van der Waals surface area (Å²) in [5, 5.41) is 3.91. The summed E-state index contributed by atoms with van der Waals surface area (Å²) >= 11 is 0. The summed E-state index contributed by atoms with van der Waals surface area (Å²) in [6.07, 6.45) is 2.57. The van der Waals surface area contributed by atoms with Gasteiger partial charge in [0.25, 0.3) is 11.4 Å². The van der Waals surface area contributed by atoms with Crippen LogP contribution in [-0.4, -0.2) is 22.2 Å². The van der Waals surface area contributed by atoms with Gasteiger partial charge in [0.2, 0.25) is 5.82 Å². The monoisotopic (exact) mass is 289 g/mol. The van der Waals surface area contributed by atoms with E-state index in [0.717, 1.165) is 25.0 Å². The van der Waals surface area contributed by atoms with Crippen molar-refractivity contribution in [2.45, 2.75) is 38.7 Å². The number of pyridine rings is 1. The van der Waals surface area contributed by atoms with E-state index in [1.165, 1.54) is 0 Å². The molecule has 0 saturated heterocycles. The molecule has 3 rings (SSSR count). The summed E-state index contributed by atoms with van der Waals surface area (Å²) in [7, 11) is 1.63. The molecule has 112 valence electrons. The van der Waals surface area contributed by atoms with Crippen LogP contribution in [-0.2, 0) is 16.8 Å². The molecule has 0 aromatic carbocycles. The zero-order valence-electron chi connectivity index (χ0n) is 12.5. The van der Waals surface area contributed by atoms with Crippen molar-refractivity contribution in [3.05, 3.63) is 34.1 Å². The average molecular weight is 289 g/mol. The quantitative estimate of drug-likeness (QED) is 0.913. The van der Waals surface area contributed by atoms with Crippen molar-refractivity contribution in [3.63, 3.8) is 0 Å². The molecule has 2 aromatic rings. The van der Waals surface area contributed by atoms with Gasteiger partial charge in [0.15, 0.2) is 0 Å². The SMILES string of the molecule is COC1(c2nc(-c3ccc(CC(C)C)[nH]c3=O)no2)CC1. The molecular weight excluding hydrogens is 270 g/mol. The number of aromatic nitrogens is 3. The van der Waals surface area contributed by atoms with E-state index in [-0.39, 0.29) is 5.56 Å². The highest BCUT2D eigenvalue weighted by atomic mass is 16.5. The first-order valence-corrected chi connectivity index (χ1v) is 7.16. The minimum Gasteiger partial charge on any atom is -0.368 e. The van der Waals surface area contributed by atoms with Gasteiger partial charge in [-0.05, 0) is 37.3 Å². The summed E-state index contributed by atoms with van der Waals surface area (Å²) in [5.74, 6) is 1.25. The van der Waals surface area contributed by atoms with E-state index in [0.29, 0.717) is 23.2 Å². The van der Waals surface area contributed by atoms with Gasteiger partial charge >= 0.3 is 0 Å². The lowest BCUT2D eigenvalue weighted by Crippen LogP contribution is -2.13. The Hall–Kier alpha value is -1.95. The van der Waals surface area contributed by atoms with Gasteiger partial charge in [-0.25, -0.2) is 0 Å². The second kappa shape index (κ2) is 5.11. The van der Waals surface area contributed by atoms with Crippen molar-refractivity contribution >= 4 is 0 Å². The van der Waals surface area contributed by atoms with Crippen LogP contribution in [0.4, 0.5) is 0 Å². The number of aromatic amines is 1. The molecular formula is C15H19N3O3. The van der Waals surface area contributed by atoms with Crippen LogP contribution < -0.4 is 5.56 Å². The fourth-order valence-electron chi connectivity index (χ4n) is 2.39. The molecule has 2 heterocycles. The maximum absolute atomic E-state index is 12.2. The Labute approximate surface area is 122 Å². The van der Waals surface area contributed by atoms with E-state index in [1.807, 2.05) is 6.07 Å². The maximum atomic E-state index is 12.2. The molecule has 0 spiro atoms. The van der Waals surface area contributed by atoms with Crippen molar-refractivity contribution in [2.75, 3.05) is 7.11 Å². The molecule has 1 saturated carbocycles. The highest BCUT2D eigenvalue weighted by Crippen LogP contribution is 2.48. The van der Waals surface area contributed by atoms with Gasteiger partial charge in [0, 0.05) is 12.8 Å². The fraction of sp³-hybridized carbons (Fsp3) is 0.533. The van der Waals surface area contributed by atoms with Crippen LogP contribution in [0.1, 0.15) is 38.3 Å². The minimum atomic E-state index is -0.435. The van der Waals surface area contributed by atoms with E-state index >= 15 is 0 Å². The Morgan fingerprint density at radius 2 is 2.19 bits per heavy atom. The molecule has 1 fully saturated rings. The average Bonchev–Trinajstić information content (AvgIpc) is 3.09. The van der Waals surface area contributed by atoms with E-state index in [2.05, 4.69) is 29.0 Å². The third-order valence-corrected chi connectivity index (χ3v) is 3.75. The fourth-order valence-corrected chi connectivity index (χ4v) is 2.39. The van der Waals surface area contributed by atoms with Crippen LogP contribution >= 0.6 is 0 Å². The molecule has 0 unspecified atom stereocenters. The van der Waals surface area contributed by atoms with E-state index < -0.39 is 5.60 Å². The standard InChI is InChI=1S/C15H19N3O3/c1-9(2)8-10-4-5-11(13(19)16-10)12-17-14(21-18-12)15(20-3)6-7-15/h4-5,9H,6-8H2,1-3H3,(H,16,19). The van der Waals surface area contributed by atoms with Gasteiger partial charge in [-0.2, -0.15) is 4.98 Å². The first-order valence-electron chi connectivity index (χ1n) is 7.16. The molecule has 2 aromatic heterocycles. The van der Waals surface area contributed by atoms with Gasteiger partial charge in [0.05, 0.1) is 5.56 Å². The highest BCUT2D eigenvalue weighted by molar-refractivity contribution is 5.52. The van der Waals surface area contributed by atoms with Crippen molar-refractivity contribution < 1.29 is 9.26 Å². The predicted octanol–water partition coefficient (Wildman–Crippen LogP) is 2.26. The van der Waals surface area contributed by atoms with Crippen LogP contribution in [0.5, 0.6) is 0 Å². The summed E-state index contributed by atoms with van der Waals surface area (Å²) in [4.78, 5) is 19.3. The summed E-state index contributed by atoms with van der Waals surface area (Å²) in [6, 6.07) is 3.65. The molecule has 1 aliphatic rings. The van der Waals surface area contributed by atoms with Crippen LogP contribution in [0.25, 0.3) is 11.4 Å². The van der Waals surface area contributed by atoms with E-state index in [9.17, 15) is 4.79 Å². The first-order chi connectivity index (χ1) is 10.0. The number of rotatable bonds is 5. The highest BCUT2D eigenvalue weighted by Gasteiger charge is 2.50. The number of hydrogen-bond donors (Lipinski definition) is 1. The third-order valence-electron chi connectivity index (χ3n) is 3.75. The van der Waals surface area contributed by atoms with Crippen LogP contribution in [0.15, 0.2) is 21.5 Å². The van der Waals surface area contributed by atoms with Gasteiger partial charge in [0.1, 0.15) is 5.60 Å². The molecule has 0 bridgehead atoms. The zero-order valence-corrected chi connectivity index (χ0v) is 12.5.